The minimum atomic E-state index is -0.0762. The molecule has 152 valence electrons. The fourth-order valence-corrected chi connectivity index (χ4v) is 3.39. The van der Waals surface area contributed by atoms with Crippen LogP contribution < -0.4 is 10.1 Å². The maximum Gasteiger partial charge on any atom is 0.234 e. The molecule has 1 heterocycles. The number of rotatable bonds is 8. The Balaban J connectivity index is 1.50. The van der Waals surface area contributed by atoms with E-state index in [1.165, 1.54) is 22.9 Å². The number of nitrogens with zero attached hydrogens (tertiary/aromatic N) is 3. The summed E-state index contributed by atoms with van der Waals surface area (Å²) in [5, 5.41) is 11.9. The van der Waals surface area contributed by atoms with E-state index in [0.717, 1.165) is 11.4 Å². The van der Waals surface area contributed by atoms with Crippen molar-refractivity contribution in [3.8, 4) is 5.75 Å². The van der Waals surface area contributed by atoms with Crippen LogP contribution in [0.5, 0.6) is 5.75 Å². The van der Waals surface area contributed by atoms with Gasteiger partial charge in [-0.1, -0.05) is 55.4 Å². The van der Waals surface area contributed by atoms with Gasteiger partial charge in [0.2, 0.25) is 5.91 Å². The van der Waals surface area contributed by atoms with E-state index in [2.05, 4.69) is 29.4 Å². The summed E-state index contributed by atoms with van der Waals surface area (Å²) in [7, 11) is 1.87. The normalized spacial score (nSPS) is 10.9. The zero-order valence-corrected chi connectivity index (χ0v) is 18.0. The van der Waals surface area contributed by atoms with Gasteiger partial charge in [-0.2, -0.15) is 0 Å². The van der Waals surface area contributed by atoms with Gasteiger partial charge in [0, 0.05) is 12.7 Å². The summed E-state index contributed by atoms with van der Waals surface area (Å²) < 4.78 is 7.61. The number of benzene rings is 2. The third-order valence-electron chi connectivity index (χ3n) is 4.51. The molecule has 7 heteroatoms. The van der Waals surface area contributed by atoms with Gasteiger partial charge < -0.3 is 14.6 Å². The molecule has 1 amide bonds. The van der Waals surface area contributed by atoms with Gasteiger partial charge in [0.05, 0.1) is 5.75 Å². The molecule has 0 spiro atoms. The largest absolute Gasteiger partial charge is 0.486 e. The lowest BCUT2D eigenvalue weighted by molar-refractivity contribution is -0.113. The van der Waals surface area contributed by atoms with Crippen molar-refractivity contribution in [2.45, 2.75) is 38.5 Å². The molecular weight excluding hydrogens is 384 g/mol. The minimum Gasteiger partial charge on any atom is -0.486 e. The van der Waals surface area contributed by atoms with Crippen molar-refractivity contribution in [3.63, 3.8) is 0 Å². The zero-order chi connectivity index (χ0) is 20.8. The van der Waals surface area contributed by atoms with Crippen molar-refractivity contribution in [1.29, 1.82) is 0 Å². The lowest BCUT2D eigenvalue weighted by atomic mass is 10.0. The van der Waals surface area contributed by atoms with Crippen LogP contribution in [0.25, 0.3) is 0 Å². The molecule has 1 N–H and O–H groups in total. The van der Waals surface area contributed by atoms with Crippen LogP contribution >= 0.6 is 11.8 Å². The van der Waals surface area contributed by atoms with Crippen molar-refractivity contribution >= 4 is 23.4 Å². The van der Waals surface area contributed by atoms with E-state index < -0.39 is 0 Å². The number of nitrogens with one attached hydrogen (secondary N) is 1. The van der Waals surface area contributed by atoms with Gasteiger partial charge >= 0.3 is 0 Å². The molecule has 3 rings (SSSR count). The third kappa shape index (κ3) is 5.84. The second kappa shape index (κ2) is 9.60. The van der Waals surface area contributed by atoms with Crippen LogP contribution in [0.3, 0.4) is 0 Å². The Hall–Kier alpha value is -2.80. The number of aromatic nitrogens is 3. The molecule has 29 heavy (non-hydrogen) atoms. The van der Waals surface area contributed by atoms with E-state index in [4.69, 9.17) is 4.74 Å². The number of aryl methyl sites for hydroxylation is 1. The molecule has 0 fully saturated rings. The summed E-state index contributed by atoms with van der Waals surface area (Å²) in [6, 6.07) is 15.8. The van der Waals surface area contributed by atoms with E-state index in [9.17, 15) is 4.79 Å². The van der Waals surface area contributed by atoms with Crippen molar-refractivity contribution in [2.24, 2.45) is 7.05 Å². The zero-order valence-electron chi connectivity index (χ0n) is 17.2. The summed E-state index contributed by atoms with van der Waals surface area (Å²) in [5.74, 6) is 2.15. The summed E-state index contributed by atoms with van der Waals surface area (Å²) in [6.07, 6.45) is 0. The molecular formula is C22H26N4O2S. The summed E-state index contributed by atoms with van der Waals surface area (Å²) in [4.78, 5) is 12.2. The maximum atomic E-state index is 12.2. The maximum absolute atomic E-state index is 12.2. The van der Waals surface area contributed by atoms with E-state index in [-0.39, 0.29) is 11.7 Å². The van der Waals surface area contributed by atoms with E-state index >= 15 is 0 Å². The quantitative estimate of drug-likeness (QED) is 0.552. The minimum absolute atomic E-state index is 0.0762. The summed E-state index contributed by atoms with van der Waals surface area (Å²) in [5.41, 5.74) is 3.23. The predicted octanol–water partition coefficient (Wildman–Crippen LogP) is 4.56. The Labute approximate surface area is 175 Å². The average Bonchev–Trinajstić information content (AvgIpc) is 3.06. The molecule has 0 aliphatic rings. The number of thioether (sulfide) groups is 1. The molecule has 6 nitrogen and oxygen atoms in total. The first-order valence-corrected chi connectivity index (χ1v) is 10.5. The van der Waals surface area contributed by atoms with Crippen molar-refractivity contribution in [1.82, 2.24) is 14.8 Å². The molecule has 2 aromatic carbocycles. The molecule has 0 saturated heterocycles. The van der Waals surface area contributed by atoms with Gasteiger partial charge in [-0.25, -0.2) is 0 Å². The van der Waals surface area contributed by atoms with E-state index in [1.54, 1.807) is 0 Å². The Morgan fingerprint density at radius 3 is 2.45 bits per heavy atom. The van der Waals surface area contributed by atoms with Crippen molar-refractivity contribution < 1.29 is 9.53 Å². The SMILES string of the molecule is Cc1ccc(OCc2nnc(SCC(=O)Nc3ccc(C(C)C)cc3)n2C)cc1. The third-order valence-corrected chi connectivity index (χ3v) is 5.53. The van der Waals surface area contributed by atoms with Crippen LogP contribution in [0.2, 0.25) is 0 Å². The molecule has 0 aliphatic heterocycles. The lowest BCUT2D eigenvalue weighted by Gasteiger charge is -2.09. The van der Waals surface area contributed by atoms with Crippen molar-refractivity contribution in [2.75, 3.05) is 11.1 Å². The van der Waals surface area contributed by atoms with Gasteiger partial charge in [-0.15, -0.1) is 10.2 Å². The predicted molar refractivity (Wildman–Crippen MR) is 116 cm³/mol. The summed E-state index contributed by atoms with van der Waals surface area (Å²) >= 11 is 1.35. The Morgan fingerprint density at radius 2 is 1.79 bits per heavy atom. The topological polar surface area (TPSA) is 69.0 Å². The van der Waals surface area contributed by atoms with Crippen LogP contribution in [0, 0.1) is 6.92 Å². The molecule has 0 atom stereocenters. The average molecular weight is 411 g/mol. The standard InChI is InChI=1S/C22H26N4O2S/c1-15(2)17-7-9-18(10-8-17)23-21(27)14-29-22-25-24-20(26(22)4)13-28-19-11-5-16(3)6-12-19/h5-12,15H,13-14H2,1-4H3,(H,23,27). The monoisotopic (exact) mass is 410 g/mol. The summed E-state index contributed by atoms with van der Waals surface area (Å²) in [6.45, 7) is 6.64. The highest BCUT2D eigenvalue weighted by molar-refractivity contribution is 7.99. The number of carbonyl (C=O) groups is 1. The van der Waals surface area contributed by atoms with Gasteiger partial charge in [0.1, 0.15) is 12.4 Å². The molecule has 0 unspecified atom stereocenters. The van der Waals surface area contributed by atoms with E-state index in [1.807, 2.05) is 67.1 Å². The molecule has 0 bridgehead atoms. The van der Waals surface area contributed by atoms with Crippen LogP contribution in [-0.2, 0) is 18.4 Å². The first-order valence-electron chi connectivity index (χ1n) is 9.52. The fraction of sp³-hybridized carbons (Fsp3) is 0.318. The number of hydrogen-bond acceptors (Lipinski definition) is 5. The van der Waals surface area contributed by atoms with Gasteiger partial charge in [-0.3, -0.25) is 4.79 Å². The smallest absolute Gasteiger partial charge is 0.234 e. The Morgan fingerprint density at radius 1 is 1.10 bits per heavy atom. The number of hydrogen-bond donors (Lipinski definition) is 1. The lowest BCUT2D eigenvalue weighted by Crippen LogP contribution is -2.14. The second-order valence-corrected chi connectivity index (χ2v) is 8.12. The first-order chi connectivity index (χ1) is 13.9. The molecule has 0 radical (unpaired) electrons. The van der Waals surface area contributed by atoms with Crippen LogP contribution in [0.1, 0.15) is 36.7 Å². The highest BCUT2D eigenvalue weighted by atomic mass is 32.2. The van der Waals surface area contributed by atoms with Crippen LogP contribution in [-0.4, -0.2) is 26.4 Å². The number of ether oxygens (including phenoxy) is 1. The first kappa shape index (κ1) is 20.9. The van der Waals surface area contributed by atoms with E-state index in [0.29, 0.717) is 23.5 Å². The molecule has 0 aliphatic carbocycles. The second-order valence-electron chi connectivity index (χ2n) is 7.17. The van der Waals surface area contributed by atoms with Crippen LogP contribution in [0.4, 0.5) is 5.69 Å². The fourth-order valence-electron chi connectivity index (χ4n) is 2.66. The van der Waals surface area contributed by atoms with Gasteiger partial charge in [-0.05, 0) is 42.7 Å². The van der Waals surface area contributed by atoms with Crippen molar-refractivity contribution in [3.05, 3.63) is 65.5 Å². The Kier molecular flexibility index (Phi) is 6.93. The number of amides is 1. The highest BCUT2D eigenvalue weighted by Gasteiger charge is 2.12. The number of carbonyl (C=O) groups excluding carboxylic acids is 1. The molecule has 1 aromatic heterocycles. The van der Waals surface area contributed by atoms with Crippen LogP contribution in [0.15, 0.2) is 53.7 Å². The van der Waals surface area contributed by atoms with Gasteiger partial charge in [0.15, 0.2) is 11.0 Å². The van der Waals surface area contributed by atoms with Gasteiger partial charge in [0.25, 0.3) is 0 Å². The molecule has 0 saturated carbocycles. The highest BCUT2D eigenvalue weighted by Crippen LogP contribution is 2.20. The molecule has 3 aromatic rings. The Bertz CT molecular complexity index is 950. The number of anilines is 1.